The Labute approximate surface area is 178 Å². The summed E-state index contributed by atoms with van der Waals surface area (Å²) in [5, 5.41) is 28.3. The third-order valence-electron chi connectivity index (χ3n) is 4.56. The minimum Gasteiger partial charge on any atom is -0.506 e. The van der Waals surface area contributed by atoms with Crippen molar-refractivity contribution in [2.45, 2.75) is 20.8 Å². The van der Waals surface area contributed by atoms with Crippen LogP contribution in [0.5, 0.6) is 0 Å². The second-order valence-electron chi connectivity index (χ2n) is 6.74. The Morgan fingerprint density at radius 2 is 1.77 bits per heavy atom. The summed E-state index contributed by atoms with van der Waals surface area (Å²) >= 11 is 0. The van der Waals surface area contributed by atoms with Gasteiger partial charge in [-0.2, -0.15) is 5.26 Å². The van der Waals surface area contributed by atoms with Gasteiger partial charge in [-0.05, 0) is 44.0 Å². The first-order valence-electron chi connectivity index (χ1n) is 9.21. The minimum absolute atomic E-state index is 0.142. The standard InChI is InChI=1S/C22H19N5O4/c1-12-5-4-6-13(2)19(12)27-22(30)18-8-7-15(10-24-18)26-21(29)16(9-23)20(28)17-11-25-31-14(17)3/h4-8,10-11,28H,1-3H3,(H,26,29)(H,27,30)/b20-16-. The van der Waals surface area contributed by atoms with E-state index in [-0.39, 0.29) is 22.7 Å². The van der Waals surface area contributed by atoms with Crippen molar-refractivity contribution in [1.29, 1.82) is 5.26 Å². The maximum absolute atomic E-state index is 12.5. The van der Waals surface area contributed by atoms with E-state index in [0.29, 0.717) is 0 Å². The molecule has 0 saturated carbocycles. The van der Waals surface area contributed by atoms with Crippen molar-refractivity contribution in [3.8, 4) is 6.07 Å². The highest BCUT2D eigenvalue weighted by Gasteiger charge is 2.20. The number of aromatic nitrogens is 2. The van der Waals surface area contributed by atoms with Crippen molar-refractivity contribution in [1.82, 2.24) is 10.1 Å². The highest BCUT2D eigenvalue weighted by Crippen LogP contribution is 2.22. The van der Waals surface area contributed by atoms with Gasteiger partial charge in [0.1, 0.15) is 17.5 Å². The summed E-state index contributed by atoms with van der Waals surface area (Å²) in [7, 11) is 0. The Morgan fingerprint density at radius 3 is 2.32 bits per heavy atom. The summed E-state index contributed by atoms with van der Waals surface area (Å²) < 4.78 is 4.84. The fourth-order valence-electron chi connectivity index (χ4n) is 2.86. The monoisotopic (exact) mass is 417 g/mol. The molecule has 0 saturated heterocycles. The predicted molar refractivity (Wildman–Crippen MR) is 113 cm³/mol. The number of aryl methyl sites for hydroxylation is 3. The zero-order valence-corrected chi connectivity index (χ0v) is 17.1. The van der Waals surface area contributed by atoms with Crippen molar-refractivity contribution >= 4 is 28.9 Å². The maximum Gasteiger partial charge on any atom is 0.274 e. The van der Waals surface area contributed by atoms with Crippen LogP contribution in [-0.2, 0) is 4.79 Å². The highest BCUT2D eigenvalue weighted by atomic mass is 16.5. The van der Waals surface area contributed by atoms with Gasteiger partial charge in [0, 0.05) is 5.69 Å². The summed E-state index contributed by atoms with van der Waals surface area (Å²) in [4.78, 5) is 29.0. The molecule has 2 heterocycles. The van der Waals surface area contributed by atoms with Crippen molar-refractivity contribution in [3.63, 3.8) is 0 Å². The molecule has 2 amide bonds. The van der Waals surface area contributed by atoms with Gasteiger partial charge in [0.05, 0.1) is 23.6 Å². The minimum atomic E-state index is -0.838. The van der Waals surface area contributed by atoms with Crippen LogP contribution in [-0.4, -0.2) is 27.1 Å². The molecule has 31 heavy (non-hydrogen) atoms. The molecule has 0 aliphatic heterocycles. The highest BCUT2D eigenvalue weighted by molar-refractivity contribution is 6.11. The Bertz CT molecular complexity index is 1200. The summed E-state index contributed by atoms with van der Waals surface area (Å²) in [6, 6.07) is 10.3. The summed E-state index contributed by atoms with van der Waals surface area (Å²) in [6.07, 6.45) is 2.49. The van der Waals surface area contributed by atoms with Crippen LogP contribution in [0.4, 0.5) is 11.4 Å². The molecule has 2 aromatic heterocycles. The lowest BCUT2D eigenvalue weighted by Crippen LogP contribution is -2.17. The first-order valence-corrected chi connectivity index (χ1v) is 9.21. The first-order chi connectivity index (χ1) is 14.8. The van der Waals surface area contributed by atoms with Crippen LogP contribution in [0.2, 0.25) is 0 Å². The number of pyridine rings is 1. The van der Waals surface area contributed by atoms with E-state index in [1.165, 1.54) is 31.5 Å². The predicted octanol–water partition coefficient (Wildman–Crippen LogP) is 3.68. The number of hydrogen-bond acceptors (Lipinski definition) is 7. The normalized spacial score (nSPS) is 11.3. The number of carbonyl (C=O) groups is 2. The van der Waals surface area contributed by atoms with Crippen LogP contribution in [0, 0.1) is 32.1 Å². The lowest BCUT2D eigenvalue weighted by atomic mass is 10.1. The van der Waals surface area contributed by atoms with Gasteiger partial charge in [-0.3, -0.25) is 9.59 Å². The number of anilines is 2. The van der Waals surface area contributed by atoms with Gasteiger partial charge < -0.3 is 20.3 Å². The lowest BCUT2D eigenvalue weighted by Gasteiger charge is -2.11. The van der Waals surface area contributed by atoms with Gasteiger partial charge in [-0.15, -0.1) is 0 Å². The number of amides is 2. The molecule has 1 aromatic carbocycles. The van der Waals surface area contributed by atoms with Gasteiger partial charge in [0.2, 0.25) is 0 Å². The second-order valence-corrected chi connectivity index (χ2v) is 6.74. The van der Waals surface area contributed by atoms with Crippen LogP contribution < -0.4 is 10.6 Å². The molecule has 9 nitrogen and oxygen atoms in total. The van der Waals surface area contributed by atoms with Crippen LogP contribution >= 0.6 is 0 Å². The third-order valence-corrected chi connectivity index (χ3v) is 4.56. The van der Waals surface area contributed by atoms with E-state index in [0.717, 1.165) is 16.8 Å². The van der Waals surface area contributed by atoms with E-state index in [9.17, 15) is 20.0 Å². The van der Waals surface area contributed by atoms with Crippen molar-refractivity contribution < 1.29 is 19.2 Å². The Morgan fingerprint density at radius 1 is 1.06 bits per heavy atom. The van der Waals surface area contributed by atoms with E-state index < -0.39 is 23.1 Å². The largest absolute Gasteiger partial charge is 0.506 e. The van der Waals surface area contributed by atoms with Gasteiger partial charge >= 0.3 is 0 Å². The van der Waals surface area contributed by atoms with E-state index in [1.807, 2.05) is 32.0 Å². The number of benzene rings is 1. The molecule has 0 bridgehead atoms. The number of carbonyl (C=O) groups excluding carboxylic acids is 2. The Hall–Kier alpha value is -4.45. The zero-order valence-electron chi connectivity index (χ0n) is 17.1. The number of para-hydroxylation sites is 1. The molecular weight excluding hydrogens is 398 g/mol. The van der Waals surface area contributed by atoms with Crippen molar-refractivity contribution in [3.05, 3.63) is 76.4 Å². The average Bonchev–Trinajstić information content (AvgIpc) is 3.17. The molecule has 0 spiro atoms. The Balaban J connectivity index is 1.74. The van der Waals surface area contributed by atoms with Gasteiger partial charge in [0.25, 0.3) is 11.8 Å². The number of rotatable bonds is 5. The number of hydrogen-bond donors (Lipinski definition) is 3. The van der Waals surface area contributed by atoms with Crippen molar-refractivity contribution in [2.75, 3.05) is 10.6 Å². The smallest absolute Gasteiger partial charge is 0.274 e. The molecule has 3 rings (SSSR count). The molecule has 0 aliphatic carbocycles. The Kier molecular flexibility index (Phi) is 6.12. The number of aliphatic hydroxyl groups excluding tert-OH is 1. The van der Waals surface area contributed by atoms with Gasteiger partial charge in [0.15, 0.2) is 11.3 Å². The quantitative estimate of drug-likeness (QED) is 0.327. The average molecular weight is 417 g/mol. The fraction of sp³-hybridized carbons (Fsp3) is 0.136. The summed E-state index contributed by atoms with van der Waals surface area (Å²) in [5.74, 6) is -1.51. The van der Waals surface area contributed by atoms with E-state index in [1.54, 1.807) is 6.07 Å². The first kappa shape index (κ1) is 21.3. The molecule has 0 atom stereocenters. The lowest BCUT2D eigenvalue weighted by molar-refractivity contribution is -0.112. The number of aliphatic hydroxyl groups is 1. The third kappa shape index (κ3) is 4.59. The summed E-state index contributed by atoms with van der Waals surface area (Å²) in [5.41, 5.74) is 2.60. The van der Waals surface area contributed by atoms with E-state index in [2.05, 4.69) is 20.8 Å². The molecule has 0 fully saturated rings. The van der Waals surface area contributed by atoms with E-state index >= 15 is 0 Å². The molecule has 3 aromatic rings. The molecule has 0 aliphatic rings. The maximum atomic E-state index is 12.5. The number of nitriles is 1. The van der Waals surface area contributed by atoms with Crippen LogP contribution in [0.25, 0.3) is 5.76 Å². The van der Waals surface area contributed by atoms with Gasteiger partial charge in [-0.1, -0.05) is 23.4 Å². The SMILES string of the molecule is Cc1cccc(C)c1NC(=O)c1ccc(NC(=O)/C(C#N)=C(\O)c2cnoc2C)cn1. The topological polar surface area (TPSA) is 141 Å². The van der Waals surface area contributed by atoms with Gasteiger partial charge in [-0.25, -0.2) is 4.98 Å². The molecule has 0 radical (unpaired) electrons. The van der Waals surface area contributed by atoms with Crippen LogP contribution in [0.1, 0.15) is 32.9 Å². The zero-order chi connectivity index (χ0) is 22.5. The van der Waals surface area contributed by atoms with Crippen LogP contribution in [0.15, 0.2) is 52.8 Å². The van der Waals surface area contributed by atoms with Crippen molar-refractivity contribution in [2.24, 2.45) is 0 Å². The van der Waals surface area contributed by atoms with Crippen LogP contribution in [0.3, 0.4) is 0 Å². The molecule has 9 heteroatoms. The summed E-state index contributed by atoms with van der Waals surface area (Å²) in [6.45, 7) is 5.33. The van der Waals surface area contributed by atoms with E-state index in [4.69, 9.17) is 4.52 Å². The molecule has 0 unspecified atom stereocenters. The fourth-order valence-corrected chi connectivity index (χ4v) is 2.86. The molecule has 156 valence electrons. The molecular formula is C22H19N5O4. The molecule has 3 N–H and O–H groups in total. The number of nitrogens with zero attached hydrogens (tertiary/aromatic N) is 3. The second kappa shape index (κ2) is 8.92. The number of nitrogens with one attached hydrogen (secondary N) is 2.